The van der Waals surface area contributed by atoms with E-state index in [1.165, 1.54) is 12.8 Å². The molecule has 0 bridgehead atoms. The molecule has 6 heteroatoms. The molecule has 2 fully saturated rings. The average Bonchev–Trinajstić information content (AvgIpc) is 2.54. The van der Waals surface area contributed by atoms with E-state index >= 15 is 0 Å². The third kappa shape index (κ3) is 4.85. The molecule has 0 aromatic rings. The van der Waals surface area contributed by atoms with Crippen molar-refractivity contribution in [2.75, 3.05) is 0 Å². The Kier molecular flexibility index (Phi) is 6.34. The minimum Gasteiger partial charge on any atom is -0.295 e. The predicted octanol–water partition coefficient (Wildman–Crippen LogP) is 4.13. The van der Waals surface area contributed by atoms with Crippen LogP contribution in [0.15, 0.2) is 12.2 Å². The molecular formula is C17H26F2O3S. The number of carbonyl (C=O) groups is 1. The molecule has 0 amide bonds. The Morgan fingerprint density at radius 2 is 1.57 bits per heavy atom. The maximum absolute atomic E-state index is 12.5. The molecule has 23 heavy (non-hydrogen) atoms. The molecule has 0 radical (unpaired) electrons. The van der Waals surface area contributed by atoms with E-state index in [1.807, 2.05) is 6.08 Å². The van der Waals surface area contributed by atoms with Gasteiger partial charge in [0.25, 0.3) is 0 Å². The van der Waals surface area contributed by atoms with Crippen LogP contribution in [0.1, 0.15) is 58.3 Å². The lowest BCUT2D eigenvalue weighted by Crippen LogP contribution is -2.32. The van der Waals surface area contributed by atoms with Crippen LogP contribution in [0.3, 0.4) is 0 Å². The number of rotatable bonds is 5. The lowest BCUT2D eigenvalue weighted by Gasteiger charge is -2.27. The summed E-state index contributed by atoms with van der Waals surface area (Å²) in [6.07, 6.45) is 9.37. The molecule has 0 heterocycles. The zero-order valence-electron chi connectivity index (χ0n) is 13.6. The Hall–Kier alpha value is -0.780. The molecule has 2 saturated carbocycles. The summed E-state index contributed by atoms with van der Waals surface area (Å²) in [5.41, 5.74) is 0. The molecule has 0 aliphatic heterocycles. The number of alkyl halides is 2. The van der Waals surface area contributed by atoms with Crippen molar-refractivity contribution < 1.29 is 22.0 Å². The topological polar surface area (TPSA) is 51.2 Å². The third-order valence-electron chi connectivity index (χ3n) is 5.38. The Morgan fingerprint density at radius 1 is 1.00 bits per heavy atom. The first-order valence-corrected chi connectivity index (χ1v) is 10.1. The highest BCUT2D eigenvalue weighted by Gasteiger charge is 2.38. The summed E-state index contributed by atoms with van der Waals surface area (Å²) in [6.45, 7) is 2.25. The van der Waals surface area contributed by atoms with E-state index < -0.39 is 20.8 Å². The van der Waals surface area contributed by atoms with Crippen LogP contribution in [-0.2, 0) is 14.6 Å². The van der Waals surface area contributed by atoms with E-state index in [-0.39, 0.29) is 24.5 Å². The highest BCUT2D eigenvalue weighted by Crippen LogP contribution is 2.32. The fourth-order valence-corrected chi connectivity index (χ4v) is 4.89. The second kappa shape index (κ2) is 7.86. The van der Waals surface area contributed by atoms with E-state index in [2.05, 4.69) is 6.92 Å². The zero-order chi connectivity index (χ0) is 17.0. The van der Waals surface area contributed by atoms with Crippen LogP contribution in [0, 0.1) is 17.8 Å². The van der Waals surface area contributed by atoms with E-state index in [0.29, 0.717) is 18.8 Å². The lowest BCUT2D eigenvalue weighted by atomic mass is 9.81. The number of sulfone groups is 1. The normalized spacial score (nSPS) is 33.2. The maximum atomic E-state index is 12.5. The molecule has 0 aromatic heterocycles. The van der Waals surface area contributed by atoms with Crippen LogP contribution < -0.4 is 0 Å². The van der Waals surface area contributed by atoms with Crippen LogP contribution >= 0.6 is 0 Å². The minimum atomic E-state index is -4.35. The van der Waals surface area contributed by atoms with Gasteiger partial charge in [-0.3, -0.25) is 4.79 Å². The Bertz CT molecular complexity index is 526. The Labute approximate surface area is 137 Å². The number of allylic oxidation sites excluding steroid dienone is 2. The molecule has 3 nitrogen and oxygen atoms in total. The van der Waals surface area contributed by atoms with Crippen molar-refractivity contribution in [1.82, 2.24) is 0 Å². The van der Waals surface area contributed by atoms with Crippen molar-refractivity contribution in [3.05, 3.63) is 12.2 Å². The highest BCUT2D eigenvalue weighted by molar-refractivity contribution is 7.92. The molecule has 0 spiro atoms. The molecule has 0 aromatic carbocycles. The van der Waals surface area contributed by atoms with Gasteiger partial charge in [-0.1, -0.05) is 25.8 Å². The Balaban J connectivity index is 1.82. The summed E-state index contributed by atoms with van der Waals surface area (Å²) >= 11 is 0. The van der Waals surface area contributed by atoms with Crippen LogP contribution in [0.5, 0.6) is 0 Å². The molecule has 132 valence electrons. The first kappa shape index (κ1) is 18.6. The summed E-state index contributed by atoms with van der Waals surface area (Å²) in [5, 5.41) is -0.990. The van der Waals surface area contributed by atoms with Gasteiger partial charge in [0.05, 0.1) is 5.25 Å². The highest BCUT2D eigenvalue weighted by atomic mass is 32.2. The monoisotopic (exact) mass is 348 g/mol. The first-order chi connectivity index (χ1) is 10.8. The summed E-state index contributed by atoms with van der Waals surface area (Å²) in [5.74, 6) is -2.27. The van der Waals surface area contributed by atoms with Crippen LogP contribution in [0.2, 0.25) is 0 Å². The largest absolute Gasteiger partial charge is 0.337 e. The summed E-state index contributed by atoms with van der Waals surface area (Å²) in [4.78, 5) is 12.2. The molecule has 0 N–H and O–H groups in total. The van der Waals surface area contributed by atoms with Gasteiger partial charge in [0.2, 0.25) is 9.84 Å². The van der Waals surface area contributed by atoms with Crippen LogP contribution in [-0.4, -0.2) is 25.2 Å². The molecule has 2 rings (SSSR count). The minimum absolute atomic E-state index is 0.0246. The zero-order valence-corrected chi connectivity index (χ0v) is 14.4. The van der Waals surface area contributed by atoms with E-state index in [0.717, 1.165) is 18.8 Å². The van der Waals surface area contributed by atoms with Crippen molar-refractivity contribution >= 4 is 15.6 Å². The van der Waals surface area contributed by atoms with Gasteiger partial charge in [-0.2, -0.15) is 8.78 Å². The maximum Gasteiger partial charge on any atom is 0.337 e. The third-order valence-corrected chi connectivity index (χ3v) is 7.28. The van der Waals surface area contributed by atoms with Crippen LogP contribution in [0.4, 0.5) is 8.78 Å². The van der Waals surface area contributed by atoms with E-state index in [9.17, 15) is 22.0 Å². The molecule has 0 atom stereocenters. The first-order valence-electron chi connectivity index (χ1n) is 8.53. The molecular weight excluding hydrogens is 322 g/mol. The number of hydrogen-bond donors (Lipinski definition) is 0. The van der Waals surface area contributed by atoms with Crippen molar-refractivity contribution in [3.8, 4) is 0 Å². The van der Waals surface area contributed by atoms with Crippen molar-refractivity contribution in [3.63, 3.8) is 0 Å². The summed E-state index contributed by atoms with van der Waals surface area (Å²) < 4.78 is 48.0. The average molecular weight is 348 g/mol. The van der Waals surface area contributed by atoms with Gasteiger partial charge in [0.15, 0.2) is 5.78 Å². The van der Waals surface area contributed by atoms with Gasteiger partial charge in [-0.15, -0.1) is 0 Å². The second-order valence-electron chi connectivity index (χ2n) is 7.10. The molecule has 2 aliphatic carbocycles. The van der Waals surface area contributed by atoms with Gasteiger partial charge >= 0.3 is 5.76 Å². The van der Waals surface area contributed by atoms with Crippen molar-refractivity contribution in [1.29, 1.82) is 0 Å². The number of carbonyl (C=O) groups excluding carboxylic acids is 1. The fourth-order valence-electron chi connectivity index (χ4n) is 3.67. The van der Waals surface area contributed by atoms with Gasteiger partial charge < -0.3 is 0 Å². The lowest BCUT2D eigenvalue weighted by molar-refractivity contribution is -0.119. The smallest absolute Gasteiger partial charge is 0.295 e. The van der Waals surface area contributed by atoms with E-state index in [1.54, 1.807) is 6.08 Å². The number of hydrogen-bond acceptors (Lipinski definition) is 3. The van der Waals surface area contributed by atoms with Gasteiger partial charge in [0, 0.05) is 5.92 Å². The Morgan fingerprint density at radius 3 is 2.09 bits per heavy atom. The number of ketones is 1. The van der Waals surface area contributed by atoms with Gasteiger partial charge in [-0.05, 0) is 56.4 Å². The van der Waals surface area contributed by atoms with Crippen LogP contribution in [0.25, 0.3) is 0 Å². The number of halogens is 2. The van der Waals surface area contributed by atoms with Crippen molar-refractivity contribution in [2.24, 2.45) is 17.8 Å². The molecule has 0 unspecified atom stereocenters. The van der Waals surface area contributed by atoms with Crippen molar-refractivity contribution in [2.45, 2.75) is 69.3 Å². The molecule has 2 aliphatic rings. The van der Waals surface area contributed by atoms with Gasteiger partial charge in [-0.25, -0.2) is 8.42 Å². The van der Waals surface area contributed by atoms with E-state index in [4.69, 9.17) is 0 Å². The standard InChI is InChI=1S/C17H26F2O3S/c1-12-2-4-13(5-3-12)6-11-16(20)14-7-9-15(10-8-14)23(21,22)17(18)19/h6,11-15,17H,2-5,7-10H2,1H3. The summed E-state index contributed by atoms with van der Waals surface area (Å²) in [7, 11) is -4.35. The molecule has 0 saturated heterocycles. The fraction of sp³-hybridized carbons (Fsp3) is 0.824. The SMILES string of the molecule is CC1CCC(C=CC(=O)C2CCC(S(=O)(=O)C(F)F)CC2)CC1. The predicted molar refractivity (Wildman–Crippen MR) is 85.9 cm³/mol. The second-order valence-corrected chi connectivity index (χ2v) is 9.31. The quantitative estimate of drug-likeness (QED) is 0.702. The van der Waals surface area contributed by atoms with Gasteiger partial charge in [0.1, 0.15) is 0 Å². The summed E-state index contributed by atoms with van der Waals surface area (Å²) in [6, 6.07) is 0.